The highest BCUT2D eigenvalue weighted by Gasteiger charge is 2.18. The van der Waals surface area contributed by atoms with E-state index in [0.717, 1.165) is 6.07 Å². The van der Waals surface area contributed by atoms with Gasteiger partial charge in [0.2, 0.25) is 0 Å². The highest BCUT2D eigenvalue weighted by atomic mass is 35.5. The molecule has 0 heterocycles. The number of hydrogen-bond acceptors (Lipinski definition) is 2. The Morgan fingerprint density at radius 2 is 1.83 bits per heavy atom. The second-order valence-corrected chi connectivity index (χ2v) is 4.08. The normalized spacial score (nSPS) is 10.4. The molecule has 2 aromatic carbocycles. The van der Waals surface area contributed by atoms with Gasteiger partial charge in [0.05, 0.1) is 10.6 Å². The van der Waals surface area contributed by atoms with E-state index in [2.05, 4.69) is 0 Å². The number of rotatable bonds is 2. The maximum Gasteiger partial charge on any atom is 0.197 e. The van der Waals surface area contributed by atoms with Gasteiger partial charge in [0.25, 0.3) is 0 Å². The van der Waals surface area contributed by atoms with Crippen LogP contribution in [0.15, 0.2) is 36.4 Å². The molecular weight excluding hydrogens is 260 g/mol. The average molecular weight is 268 g/mol. The lowest BCUT2D eigenvalue weighted by atomic mass is 10.0. The molecule has 0 aliphatic carbocycles. The molecular formula is C13H8ClF2NO. The number of nitrogen functional groups attached to an aromatic ring is 1. The zero-order valence-corrected chi connectivity index (χ0v) is 9.84. The molecule has 18 heavy (non-hydrogen) atoms. The van der Waals surface area contributed by atoms with Gasteiger partial charge in [-0.25, -0.2) is 8.78 Å². The number of ketones is 1. The summed E-state index contributed by atoms with van der Waals surface area (Å²) in [6.07, 6.45) is 0. The zero-order chi connectivity index (χ0) is 13.3. The van der Waals surface area contributed by atoms with Gasteiger partial charge in [-0.3, -0.25) is 4.79 Å². The van der Waals surface area contributed by atoms with Gasteiger partial charge in [-0.05, 0) is 30.3 Å². The lowest BCUT2D eigenvalue weighted by Gasteiger charge is -2.06. The van der Waals surface area contributed by atoms with Gasteiger partial charge in [0.1, 0.15) is 0 Å². The highest BCUT2D eigenvalue weighted by Crippen LogP contribution is 2.23. The summed E-state index contributed by atoms with van der Waals surface area (Å²) < 4.78 is 26.5. The van der Waals surface area contributed by atoms with Crippen molar-refractivity contribution in [2.45, 2.75) is 0 Å². The van der Waals surface area contributed by atoms with Gasteiger partial charge in [-0.15, -0.1) is 0 Å². The molecule has 0 fully saturated rings. The van der Waals surface area contributed by atoms with Crippen LogP contribution in [0, 0.1) is 11.6 Å². The van der Waals surface area contributed by atoms with Gasteiger partial charge >= 0.3 is 0 Å². The van der Waals surface area contributed by atoms with E-state index in [0.29, 0.717) is 5.69 Å². The fourth-order valence-corrected chi connectivity index (χ4v) is 1.81. The minimum absolute atomic E-state index is 0.0790. The van der Waals surface area contributed by atoms with E-state index in [1.54, 1.807) is 0 Å². The molecule has 2 rings (SSSR count). The molecule has 2 nitrogen and oxygen atoms in total. The lowest BCUT2D eigenvalue weighted by Crippen LogP contribution is -2.06. The van der Waals surface area contributed by atoms with Crippen molar-refractivity contribution in [1.29, 1.82) is 0 Å². The van der Waals surface area contributed by atoms with Crippen LogP contribution in [0.25, 0.3) is 0 Å². The van der Waals surface area contributed by atoms with Crippen LogP contribution < -0.4 is 5.73 Å². The summed E-state index contributed by atoms with van der Waals surface area (Å²) in [6.45, 7) is 0. The second kappa shape index (κ2) is 4.74. The molecule has 0 atom stereocenters. The van der Waals surface area contributed by atoms with E-state index in [9.17, 15) is 13.6 Å². The Hall–Kier alpha value is -1.94. The van der Waals surface area contributed by atoms with Crippen molar-refractivity contribution in [2.75, 3.05) is 5.73 Å². The number of carbonyl (C=O) groups is 1. The summed E-state index contributed by atoms with van der Waals surface area (Å²) in [4.78, 5) is 12.0. The molecule has 0 unspecified atom stereocenters. The average Bonchev–Trinajstić information content (AvgIpc) is 2.32. The first-order valence-corrected chi connectivity index (χ1v) is 5.42. The Bertz CT molecular complexity index is 628. The molecule has 0 radical (unpaired) electrons. The van der Waals surface area contributed by atoms with Crippen LogP contribution in [0.2, 0.25) is 5.02 Å². The first kappa shape index (κ1) is 12.5. The summed E-state index contributed by atoms with van der Waals surface area (Å²) in [5.74, 6) is -2.94. The van der Waals surface area contributed by atoms with Gasteiger partial charge in [0, 0.05) is 11.3 Å². The molecule has 0 spiro atoms. The number of hydrogen-bond donors (Lipinski definition) is 1. The molecule has 0 bridgehead atoms. The van der Waals surface area contributed by atoms with Crippen LogP contribution >= 0.6 is 11.6 Å². The Labute approximate surface area is 107 Å². The number of benzene rings is 2. The van der Waals surface area contributed by atoms with Crippen LogP contribution in [0.5, 0.6) is 0 Å². The standard InChI is InChI=1S/C13H8ClF2NO/c14-10-6-7(17)4-5-8(10)13(18)9-2-1-3-11(15)12(9)16/h1-6H,17H2. The van der Waals surface area contributed by atoms with E-state index in [-0.39, 0.29) is 16.1 Å². The smallest absolute Gasteiger partial charge is 0.197 e. The van der Waals surface area contributed by atoms with E-state index in [4.69, 9.17) is 17.3 Å². The van der Waals surface area contributed by atoms with E-state index in [1.165, 1.54) is 30.3 Å². The molecule has 92 valence electrons. The number of anilines is 1. The lowest BCUT2D eigenvalue weighted by molar-refractivity contribution is 0.103. The summed E-state index contributed by atoms with van der Waals surface area (Å²) >= 11 is 5.85. The van der Waals surface area contributed by atoms with Crippen molar-refractivity contribution in [3.05, 3.63) is 64.2 Å². The van der Waals surface area contributed by atoms with Crippen molar-refractivity contribution in [3.8, 4) is 0 Å². The third kappa shape index (κ3) is 2.19. The van der Waals surface area contributed by atoms with Crippen molar-refractivity contribution in [3.63, 3.8) is 0 Å². The molecule has 0 amide bonds. The van der Waals surface area contributed by atoms with Gasteiger partial charge < -0.3 is 5.73 Å². The van der Waals surface area contributed by atoms with Crippen LogP contribution in [0.4, 0.5) is 14.5 Å². The number of nitrogens with two attached hydrogens (primary N) is 1. The Kier molecular flexibility index (Phi) is 3.30. The van der Waals surface area contributed by atoms with Gasteiger partial charge in [0.15, 0.2) is 17.4 Å². The number of carbonyl (C=O) groups excluding carboxylic acids is 1. The first-order valence-electron chi connectivity index (χ1n) is 5.04. The minimum atomic E-state index is -1.18. The predicted molar refractivity (Wildman–Crippen MR) is 65.7 cm³/mol. The van der Waals surface area contributed by atoms with Gasteiger partial charge in [-0.1, -0.05) is 17.7 Å². The Morgan fingerprint density at radius 3 is 2.50 bits per heavy atom. The second-order valence-electron chi connectivity index (χ2n) is 3.67. The van der Waals surface area contributed by atoms with E-state index >= 15 is 0 Å². The molecule has 2 N–H and O–H groups in total. The minimum Gasteiger partial charge on any atom is -0.399 e. The van der Waals surface area contributed by atoms with Crippen molar-refractivity contribution in [2.24, 2.45) is 0 Å². The summed E-state index contributed by atoms with van der Waals surface area (Å²) in [5, 5.41) is 0.101. The predicted octanol–water partition coefficient (Wildman–Crippen LogP) is 3.43. The maximum absolute atomic E-state index is 13.5. The topological polar surface area (TPSA) is 43.1 Å². The maximum atomic E-state index is 13.5. The molecule has 0 saturated heterocycles. The van der Waals surface area contributed by atoms with Crippen LogP contribution in [0.3, 0.4) is 0 Å². The van der Waals surface area contributed by atoms with Crippen LogP contribution in [-0.4, -0.2) is 5.78 Å². The molecule has 2 aromatic rings. The molecule has 0 saturated carbocycles. The van der Waals surface area contributed by atoms with Crippen molar-refractivity contribution >= 4 is 23.1 Å². The molecule has 0 aliphatic rings. The third-order valence-electron chi connectivity index (χ3n) is 2.43. The molecule has 5 heteroatoms. The van der Waals surface area contributed by atoms with Crippen LogP contribution in [0.1, 0.15) is 15.9 Å². The van der Waals surface area contributed by atoms with Gasteiger partial charge in [-0.2, -0.15) is 0 Å². The van der Waals surface area contributed by atoms with Crippen LogP contribution in [-0.2, 0) is 0 Å². The summed E-state index contributed by atoms with van der Waals surface area (Å²) in [5.41, 5.74) is 5.60. The fourth-order valence-electron chi connectivity index (χ4n) is 1.54. The fraction of sp³-hybridized carbons (Fsp3) is 0. The van der Waals surface area contributed by atoms with E-state index in [1.807, 2.05) is 0 Å². The molecule has 0 aliphatic heterocycles. The number of halogens is 3. The first-order chi connectivity index (χ1) is 8.50. The Balaban J connectivity index is 2.51. The third-order valence-corrected chi connectivity index (χ3v) is 2.75. The Morgan fingerprint density at radius 1 is 1.11 bits per heavy atom. The quantitative estimate of drug-likeness (QED) is 0.669. The summed E-state index contributed by atoms with van der Waals surface area (Å²) in [7, 11) is 0. The highest BCUT2D eigenvalue weighted by molar-refractivity contribution is 6.35. The van der Waals surface area contributed by atoms with E-state index < -0.39 is 17.4 Å². The largest absolute Gasteiger partial charge is 0.399 e. The SMILES string of the molecule is Nc1ccc(C(=O)c2cccc(F)c2F)c(Cl)c1. The van der Waals surface area contributed by atoms with Crippen molar-refractivity contribution in [1.82, 2.24) is 0 Å². The zero-order valence-electron chi connectivity index (χ0n) is 9.08. The van der Waals surface area contributed by atoms with Crippen molar-refractivity contribution < 1.29 is 13.6 Å². The monoisotopic (exact) mass is 267 g/mol. The summed E-state index contributed by atoms with van der Waals surface area (Å²) in [6, 6.07) is 7.63. The molecule has 0 aromatic heterocycles.